The van der Waals surface area contributed by atoms with Crippen LogP contribution in [0.1, 0.15) is 64.7 Å². The number of carbonyl (C=O) groups is 1. The van der Waals surface area contributed by atoms with Gasteiger partial charge >= 0.3 is 29.6 Å². The Balaban J connectivity index is 0. The van der Waals surface area contributed by atoms with E-state index in [2.05, 4.69) is 6.92 Å². The second-order valence-corrected chi connectivity index (χ2v) is 4.33. The van der Waals surface area contributed by atoms with Crippen LogP contribution >= 0.6 is 0 Å². The van der Waals surface area contributed by atoms with Crippen molar-refractivity contribution < 1.29 is 49.7 Å². The van der Waals surface area contributed by atoms with Crippen molar-refractivity contribution in [1.82, 2.24) is 0 Å². The van der Waals surface area contributed by atoms with Gasteiger partial charge in [0.05, 0.1) is 0 Å². The number of hydrogen-bond acceptors (Lipinski definition) is 4. The molecule has 0 amide bonds. The third kappa shape index (κ3) is 11.2. The van der Waals surface area contributed by atoms with Gasteiger partial charge in [0.25, 0.3) is 0 Å². The average Bonchev–Trinajstić information content (AvgIpc) is 2.21. The molecule has 0 aliphatic rings. The maximum atomic E-state index is 10.2. The molecule has 0 atom stereocenters. The molecule has 0 saturated carbocycles. The Hall–Kier alpha value is 0.390. The number of carboxylic acid groups (broad SMARTS) is 1. The minimum atomic E-state index is -2.65. The third-order valence-electron chi connectivity index (χ3n) is 2.71. The summed E-state index contributed by atoms with van der Waals surface area (Å²) in [5.41, 5.74) is 0. The number of aliphatic carboxylic acids is 1. The molecule has 0 unspecified atom stereocenters. The normalized spacial score (nSPS) is 11.0. The van der Waals surface area contributed by atoms with Crippen LogP contribution in [0.15, 0.2) is 0 Å². The third-order valence-corrected chi connectivity index (χ3v) is 2.71. The first-order chi connectivity index (χ1) is 7.50. The summed E-state index contributed by atoms with van der Waals surface area (Å²) in [6, 6.07) is 0. The SMILES string of the molecule is CCCCCCCCCCC(O)(O)C(=O)[O-].[Na+]. The molecular formula is C12H23NaO4. The van der Waals surface area contributed by atoms with Gasteiger partial charge < -0.3 is 20.1 Å². The molecule has 0 aliphatic heterocycles. The van der Waals surface area contributed by atoms with E-state index in [1.165, 1.54) is 25.7 Å². The summed E-state index contributed by atoms with van der Waals surface area (Å²) in [6.07, 6.45) is 8.30. The van der Waals surface area contributed by atoms with E-state index in [0.29, 0.717) is 6.42 Å². The van der Waals surface area contributed by atoms with Crippen LogP contribution in [0.4, 0.5) is 0 Å². The van der Waals surface area contributed by atoms with Crippen molar-refractivity contribution in [3.8, 4) is 0 Å². The molecule has 2 N–H and O–H groups in total. The summed E-state index contributed by atoms with van der Waals surface area (Å²) in [6.45, 7) is 2.17. The van der Waals surface area contributed by atoms with Crippen LogP contribution in [0.25, 0.3) is 0 Å². The Bertz CT molecular complexity index is 195. The summed E-state index contributed by atoms with van der Waals surface area (Å²) in [4.78, 5) is 10.2. The van der Waals surface area contributed by atoms with E-state index < -0.39 is 11.8 Å². The molecule has 0 radical (unpaired) electrons. The van der Waals surface area contributed by atoms with Crippen molar-refractivity contribution >= 4 is 5.97 Å². The first-order valence-electron chi connectivity index (χ1n) is 6.17. The van der Waals surface area contributed by atoms with E-state index in [-0.39, 0.29) is 36.0 Å². The smallest absolute Gasteiger partial charge is 0.544 e. The first kappa shape index (κ1) is 19.7. The Morgan fingerprint density at radius 2 is 1.41 bits per heavy atom. The Morgan fingerprint density at radius 3 is 1.82 bits per heavy atom. The van der Waals surface area contributed by atoms with Crippen molar-refractivity contribution in [3.05, 3.63) is 0 Å². The van der Waals surface area contributed by atoms with E-state index in [9.17, 15) is 9.90 Å². The molecule has 0 aromatic rings. The Morgan fingerprint density at radius 1 is 1.00 bits per heavy atom. The molecule has 0 saturated heterocycles. The molecule has 0 aromatic heterocycles. The van der Waals surface area contributed by atoms with E-state index in [1.54, 1.807) is 0 Å². The van der Waals surface area contributed by atoms with E-state index in [1.807, 2.05) is 0 Å². The second-order valence-electron chi connectivity index (χ2n) is 4.33. The van der Waals surface area contributed by atoms with Crippen LogP contribution in [-0.4, -0.2) is 22.0 Å². The van der Waals surface area contributed by atoms with Crippen LogP contribution in [0.3, 0.4) is 0 Å². The number of aliphatic hydroxyl groups is 2. The molecule has 0 heterocycles. The van der Waals surface area contributed by atoms with Crippen LogP contribution in [0.5, 0.6) is 0 Å². The van der Waals surface area contributed by atoms with E-state index in [4.69, 9.17) is 10.2 Å². The van der Waals surface area contributed by atoms with Crippen molar-refractivity contribution in [2.45, 2.75) is 70.5 Å². The van der Waals surface area contributed by atoms with Crippen LogP contribution < -0.4 is 34.7 Å². The monoisotopic (exact) mass is 254 g/mol. The van der Waals surface area contributed by atoms with Crippen LogP contribution in [0, 0.1) is 0 Å². The zero-order valence-corrected chi connectivity index (χ0v) is 13.1. The largest absolute Gasteiger partial charge is 1.00 e. The fraction of sp³-hybridized carbons (Fsp3) is 0.917. The van der Waals surface area contributed by atoms with Gasteiger partial charge in [-0.2, -0.15) is 0 Å². The number of hydrogen-bond donors (Lipinski definition) is 2. The zero-order valence-electron chi connectivity index (χ0n) is 11.1. The molecule has 0 bridgehead atoms. The van der Waals surface area contributed by atoms with Crippen molar-refractivity contribution in [3.63, 3.8) is 0 Å². The minimum Gasteiger partial charge on any atom is -0.544 e. The fourth-order valence-corrected chi connectivity index (χ4v) is 1.61. The average molecular weight is 254 g/mol. The molecule has 96 valence electrons. The topological polar surface area (TPSA) is 80.6 Å². The van der Waals surface area contributed by atoms with Gasteiger partial charge in [0.1, 0.15) is 5.97 Å². The number of carbonyl (C=O) groups excluding carboxylic acids is 1. The van der Waals surface area contributed by atoms with Gasteiger partial charge in [-0.3, -0.25) is 0 Å². The van der Waals surface area contributed by atoms with Gasteiger partial charge in [0.2, 0.25) is 5.79 Å². The molecule has 0 aliphatic carbocycles. The van der Waals surface area contributed by atoms with Gasteiger partial charge in [0.15, 0.2) is 0 Å². The first-order valence-corrected chi connectivity index (χ1v) is 6.17. The zero-order chi connectivity index (χ0) is 12.4. The molecule has 0 rings (SSSR count). The van der Waals surface area contributed by atoms with Gasteiger partial charge in [-0.05, 0) is 6.42 Å². The summed E-state index contributed by atoms with van der Waals surface area (Å²) in [5, 5.41) is 28.2. The van der Waals surface area contributed by atoms with Gasteiger partial charge in [-0.1, -0.05) is 51.9 Å². The van der Waals surface area contributed by atoms with Crippen molar-refractivity contribution in [2.75, 3.05) is 0 Å². The second kappa shape index (κ2) is 11.5. The van der Waals surface area contributed by atoms with Crippen LogP contribution in [-0.2, 0) is 4.79 Å². The fourth-order valence-electron chi connectivity index (χ4n) is 1.61. The molecule has 17 heavy (non-hydrogen) atoms. The Kier molecular flexibility index (Phi) is 13.3. The number of rotatable bonds is 10. The summed E-state index contributed by atoms with van der Waals surface area (Å²) < 4.78 is 0. The predicted molar refractivity (Wildman–Crippen MR) is 59.4 cm³/mol. The van der Waals surface area contributed by atoms with Crippen molar-refractivity contribution in [2.24, 2.45) is 0 Å². The number of unbranched alkanes of at least 4 members (excludes halogenated alkanes) is 7. The molecule has 0 spiro atoms. The standard InChI is InChI=1S/C12H24O4.Na/c1-2-3-4-5-6-7-8-9-10-12(15,16)11(13)14;/h15-16H,2-10H2,1H3,(H,13,14);/q;+1/p-1. The van der Waals surface area contributed by atoms with Gasteiger partial charge in [-0.25, -0.2) is 0 Å². The molecule has 0 fully saturated rings. The van der Waals surface area contributed by atoms with E-state index in [0.717, 1.165) is 19.3 Å². The molecule has 5 heteroatoms. The number of carboxylic acids is 1. The van der Waals surface area contributed by atoms with Crippen molar-refractivity contribution in [1.29, 1.82) is 0 Å². The predicted octanol–water partition coefficient (Wildman–Crippen LogP) is -2.05. The van der Waals surface area contributed by atoms with Gasteiger partial charge in [-0.15, -0.1) is 0 Å². The maximum Gasteiger partial charge on any atom is 1.00 e. The molecule has 0 aromatic carbocycles. The van der Waals surface area contributed by atoms with Crippen LogP contribution in [0.2, 0.25) is 0 Å². The summed E-state index contributed by atoms with van der Waals surface area (Å²) in [7, 11) is 0. The minimum absolute atomic E-state index is 0. The van der Waals surface area contributed by atoms with E-state index >= 15 is 0 Å². The molecular weight excluding hydrogens is 231 g/mol. The maximum absolute atomic E-state index is 10.2. The van der Waals surface area contributed by atoms with Gasteiger partial charge in [0, 0.05) is 6.42 Å². The Labute approximate surface area is 126 Å². The summed E-state index contributed by atoms with van der Waals surface area (Å²) >= 11 is 0. The molecule has 4 nitrogen and oxygen atoms in total. The summed E-state index contributed by atoms with van der Waals surface area (Å²) in [5.74, 6) is -4.46. The quantitative estimate of drug-likeness (QED) is 0.267.